The molecule has 0 aromatic carbocycles. The van der Waals surface area contributed by atoms with E-state index in [1.165, 1.54) is 10.6 Å². The zero-order chi connectivity index (χ0) is 9.35. The summed E-state index contributed by atoms with van der Waals surface area (Å²) >= 11 is 0. The average molecular weight is 193 g/mol. The molecule has 1 aliphatic carbocycles. The number of sulfonamides is 1. The van der Waals surface area contributed by atoms with Crippen molar-refractivity contribution in [2.75, 3.05) is 20.4 Å². The minimum atomic E-state index is -3.02. The lowest BCUT2D eigenvalue weighted by Gasteiger charge is -2.38. The highest BCUT2D eigenvalue weighted by atomic mass is 32.2. The summed E-state index contributed by atoms with van der Waals surface area (Å²) in [7, 11) is 0.254. The van der Waals surface area contributed by atoms with Gasteiger partial charge in [0.2, 0.25) is 10.0 Å². The van der Waals surface area contributed by atoms with Crippen LogP contribution >= 0.6 is 0 Å². The molecule has 0 radical (unpaired) electrons. The summed E-state index contributed by atoms with van der Waals surface area (Å²) in [6, 6.07) is 0.143. The van der Waals surface area contributed by atoms with Crippen molar-refractivity contribution in [1.82, 2.24) is 4.31 Å². The highest BCUT2D eigenvalue weighted by Crippen LogP contribution is 2.27. The molecule has 1 rings (SSSR count). The van der Waals surface area contributed by atoms with Crippen molar-refractivity contribution in [3.05, 3.63) is 0 Å². The van der Waals surface area contributed by atoms with Crippen LogP contribution in [-0.2, 0) is 14.8 Å². The monoisotopic (exact) mass is 193 g/mol. The molecule has 0 spiro atoms. The van der Waals surface area contributed by atoms with Crippen LogP contribution in [0, 0.1) is 0 Å². The van der Waals surface area contributed by atoms with Gasteiger partial charge in [-0.05, 0) is 12.8 Å². The van der Waals surface area contributed by atoms with Crippen LogP contribution in [0.25, 0.3) is 0 Å². The number of ether oxygens (including phenoxy) is 1. The first-order valence-electron chi connectivity index (χ1n) is 3.91. The molecule has 0 saturated heterocycles. The lowest BCUT2D eigenvalue weighted by atomic mass is 9.89. The fourth-order valence-corrected chi connectivity index (χ4v) is 2.01. The van der Waals surface area contributed by atoms with E-state index in [0.29, 0.717) is 0 Å². The molecule has 0 bridgehead atoms. The minimum absolute atomic E-state index is 0.143. The van der Waals surface area contributed by atoms with Gasteiger partial charge in [0.05, 0.1) is 12.4 Å². The van der Waals surface area contributed by atoms with Crippen molar-refractivity contribution < 1.29 is 13.2 Å². The van der Waals surface area contributed by atoms with Gasteiger partial charge in [0.15, 0.2) is 0 Å². The quantitative estimate of drug-likeness (QED) is 0.636. The first-order chi connectivity index (χ1) is 5.45. The molecule has 1 aliphatic rings. The number of methoxy groups -OCH3 is 1. The van der Waals surface area contributed by atoms with Crippen LogP contribution in [0.5, 0.6) is 0 Å². The average Bonchev–Trinajstić information content (AvgIpc) is 1.83. The summed E-state index contributed by atoms with van der Waals surface area (Å²) in [5, 5.41) is 0. The molecule has 0 unspecified atom stereocenters. The van der Waals surface area contributed by atoms with E-state index in [9.17, 15) is 8.42 Å². The topological polar surface area (TPSA) is 46.6 Å². The summed E-state index contributed by atoms with van der Waals surface area (Å²) in [4.78, 5) is 0. The molecule has 0 amide bonds. The third kappa shape index (κ3) is 1.97. The van der Waals surface area contributed by atoms with Gasteiger partial charge in [0, 0.05) is 20.2 Å². The molecule has 72 valence electrons. The Labute approximate surface area is 73.6 Å². The van der Waals surface area contributed by atoms with Crippen LogP contribution in [0.15, 0.2) is 0 Å². The van der Waals surface area contributed by atoms with Crippen molar-refractivity contribution in [1.29, 1.82) is 0 Å². The standard InChI is InChI=1S/C7H15NO3S/c1-8(12(3,9)10)6-4-7(5-6)11-2/h6-7H,4-5H2,1-3H3. The zero-order valence-corrected chi connectivity index (χ0v) is 8.47. The Kier molecular flexibility index (Phi) is 2.75. The van der Waals surface area contributed by atoms with Crippen LogP contribution in [0.2, 0.25) is 0 Å². The third-order valence-electron chi connectivity index (χ3n) is 2.44. The highest BCUT2D eigenvalue weighted by Gasteiger charge is 2.35. The number of hydrogen-bond donors (Lipinski definition) is 0. The molecule has 0 aromatic rings. The lowest BCUT2D eigenvalue weighted by molar-refractivity contribution is 0.000699. The van der Waals surface area contributed by atoms with Gasteiger partial charge in [-0.1, -0.05) is 0 Å². The van der Waals surface area contributed by atoms with Crippen molar-refractivity contribution in [2.24, 2.45) is 0 Å². The summed E-state index contributed by atoms with van der Waals surface area (Å²) in [5.41, 5.74) is 0. The van der Waals surface area contributed by atoms with E-state index in [0.717, 1.165) is 12.8 Å². The number of nitrogens with zero attached hydrogens (tertiary/aromatic N) is 1. The van der Waals surface area contributed by atoms with E-state index >= 15 is 0 Å². The van der Waals surface area contributed by atoms with Crippen LogP contribution in [0.1, 0.15) is 12.8 Å². The van der Waals surface area contributed by atoms with Gasteiger partial charge in [-0.15, -0.1) is 0 Å². The second-order valence-corrected chi connectivity index (χ2v) is 5.30. The first-order valence-corrected chi connectivity index (χ1v) is 5.75. The number of rotatable bonds is 3. The molecule has 12 heavy (non-hydrogen) atoms. The maximum Gasteiger partial charge on any atom is 0.211 e. The molecule has 0 heterocycles. The van der Waals surface area contributed by atoms with E-state index < -0.39 is 10.0 Å². The van der Waals surface area contributed by atoms with Crippen LogP contribution < -0.4 is 0 Å². The Bertz CT molecular complexity index is 243. The van der Waals surface area contributed by atoms with E-state index in [4.69, 9.17) is 4.74 Å². The molecule has 1 fully saturated rings. The maximum atomic E-state index is 11.0. The van der Waals surface area contributed by atoms with Gasteiger partial charge in [-0.2, -0.15) is 0 Å². The van der Waals surface area contributed by atoms with Crippen molar-refractivity contribution in [3.63, 3.8) is 0 Å². The fraction of sp³-hybridized carbons (Fsp3) is 1.00. The van der Waals surface area contributed by atoms with Gasteiger partial charge < -0.3 is 4.74 Å². The largest absolute Gasteiger partial charge is 0.381 e. The van der Waals surface area contributed by atoms with Crippen LogP contribution in [0.3, 0.4) is 0 Å². The zero-order valence-electron chi connectivity index (χ0n) is 7.65. The van der Waals surface area contributed by atoms with Crippen molar-refractivity contribution in [3.8, 4) is 0 Å². The van der Waals surface area contributed by atoms with Gasteiger partial charge in [-0.25, -0.2) is 12.7 Å². The fourth-order valence-electron chi connectivity index (χ4n) is 1.30. The molecule has 5 heteroatoms. The number of hydrogen-bond acceptors (Lipinski definition) is 3. The van der Waals surface area contributed by atoms with E-state index in [1.54, 1.807) is 14.2 Å². The lowest BCUT2D eigenvalue weighted by Crippen LogP contribution is -2.48. The summed E-state index contributed by atoms with van der Waals surface area (Å²) in [6.45, 7) is 0. The Morgan fingerprint density at radius 3 is 2.25 bits per heavy atom. The highest BCUT2D eigenvalue weighted by molar-refractivity contribution is 7.88. The Balaban J connectivity index is 2.44. The van der Waals surface area contributed by atoms with Gasteiger partial charge in [0.25, 0.3) is 0 Å². The Morgan fingerprint density at radius 1 is 1.42 bits per heavy atom. The molecule has 4 nitrogen and oxygen atoms in total. The molecule has 1 saturated carbocycles. The molecule has 0 N–H and O–H groups in total. The SMILES string of the molecule is COC1CC(N(C)S(C)(=O)=O)C1. The molecule has 0 atom stereocenters. The van der Waals surface area contributed by atoms with Crippen molar-refractivity contribution >= 4 is 10.0 Å². The molecular weight excluding hydrogens is 178 g/mol. The molecule has 0 aromatic heterocycles. The summed E-state index contributed by atoms with van der Waals surface area (Å²) in [6.07, 6.45) is 3.12. The van der Waals surface area contributed by atoms with Crippen molar-refractivity contribution in [2.45, 2.75) is 25.0 Å². The normalized spacial score (nSPS) is 30.3. The third-order valence-corrected chi connectivity index (χ3v) is 3.78. The summed E-state index contributed by atoms with van der Waals surface area (Å²) in [5.74, 6) is 0. The van der Waals surface area contributed by atoms with E-state index in [1.807, 2.05) is 0 Å². The van der Waals surface area contributed by atoms with Crippen LogP contribution in [-0.4, -0.2) is 45.3 Å². The predicted octanol–water partition coefficient (Wildman–Crippen LogP) is 0.0552. The Hall–Kier alpha value is -0.130. The van der Waals surface area contributed by atoms with E-state index in [2.05, 4.69) is 0 Å². The van der Waals surface area contributed by atoms with E-state index in [-0.39, 0.29) is 12.1 Å². The van der Waals surface area contributed by atoms with Gasteiger partial charge in [0.1, 0.15) is 0 Å². The molecule has 0 aliphatic heterocycles. The first kappa shape index (κ1) is 9.95. The minimum Gasteiger partial charge on any atom is -0.381 e. The van der Waals surface area contributed by atoms with Gasteiger partial charge in [-0.3, -0.25) is 0 Å². The molecular formula is C7H15NO3S. The second-order valence-electron chi connectivity index (χ2n) is 3.26. The maximum absolute atomic E-state index is 11.0. The summed E-state index contributed by atoms with van der Waals surface area (Å²) < 4.78 is 28.6. The van der Waals surface area contributed by atoms with Crippen LogP contribution in [0.4, 0.5) is 0 Å². The second kappa shape index (κ2) is 3.32. The smallest absolute Gasteiger partial charge is 0.211 e. The predicted molar refractivity (Wildman–Crippen MR) is 46.4 cm³/mol. The van der Waals surface area contributed by atoms with Gasteiger partial charge >= 0.3 is 0 Å². The Morgan fingerprint density at radius 2 is 1.92 bits per heavy atom.